The van der Waals surface area contributed by atoms with Crippen LogP contribution in [-0.2, 0) is 16.1 Å². The molecule has 0 fully saturated rings. The largest absolute Gasteiger partial charge is 0.465 e. The van der Waals surface area contributed by atoms with Crippen molar-refractivity contribution >= 4 is 17.6 Å². The van der Waals surface area contributed by atoms with Crippen LogP contribution < -0.4 is 10.9 Å². The average molecular weight is 300 g/mol. The zero-order valence-corrected chi connectivity index (χ0v) is 12.3. The van der Waals surface area contributed by atoms with Crippen LogP contribution in [0.4, 0.5) is 5.69 Å². The molecule has 0 atom stereocenters. The van der Waals surface area contributed by atoms with E-state index in [1.54, 1.807) is 49.5 Å². The van der Waals surface area contributed by atoms with E-state index in [-0.39, 0.29) is 18.0 Å². The summed E-state index contributed by atoms with van der Waals surface area (Å²) in [6.45, 7) is 1.63. The molecule has 0 unspecified atom stereocenters. The predicted octanol–water partition coefficient (Wildman–Crippen LogP) is 1.58. The van der Waals surface area contributed by atoms with Gasteiger partial charge in [-0.2, -0.15) is 0 Å². The molecule has 0 radical (unpaired) electrons. The molecule has 0 saturated heterocycles. The Kier molecular flexibility index (Phi) is 4.73. The number of pyridine rings is 1. The van der Waals surface area contributed by atoms with Gasteiger partial charge in [-0.05, 0) is 37.3 Å². The summed E-state index contributed by atoms with van der Waals surface area (Å²) in [5.74, 6) is -0.761. The third-order valence-corrected chi connectivity index (χ3v) is 3.11. The number of carbonyl (C=O) groups excluding carboxylic acids is 2. The van der Waals surface area contributed by atoms with Gasteiger partial charge in [0.25, 0.3) is 5.56 Å². The fourth-order valence-corrected chi connectivity index (χ4v) is 1.94. The van der Waals surface area contributed by atoms with E-state index in [0.29, 0.717) is 16.8 Å². The molecule has 0 aliphatic rings. The van der Waals surface area contributed by atoms with Gasteiger partial charge in [-0.1, -0.05) is 6.07 Å². The van der Waals surface area contributed by atoms with Gasteiger partial charge in [0.2, 0.25) is 5.91 Å². The van der Waals surface area contributed by atoms with Gasteiger partial charge in [0, 0.05) is 17.4 Å². The van der Waals surface area contributed by atoms with Gasteiger partial charge in [-0.25, -0.2) is 4.79 Å². The molecular weight excluding hydrogens is 284 g/mol. The Balaban J connectivity index is 2.04. The maximum Gasteiger partial charge on any atom is 0.337 e. The van der Waals surface area contributed by atoms with Crippen molar-refractivity contribution in [1.82, 2.24) is 4.57 Å². The van der Waals surface area contributed by atoms with E-state index in [1.807, 2.05) is 0 Å². The molecule has 1 amide bonds. The Labute approximate surface area is 127 Å². The molecule has 2 rings (SSSR count). The molecule has 1 aromatic carbocycles. The first-order valence-electron chi connectivity index (χ1n) is 6.65. The van der Waals surface area contributed by atoms with Crippen molar-refractivity contribution < 1.29 is 14.3 Å². The molecule has 114 valence electrons. The first-order chi connectivity index (χ1) is 10.5. The van der Waals surface area contributed by atoms with Crippen molar-refractivity contribution in [3.8, 4) is 0 Å². The highest BCUT2D eigenvalue weighted by Crippen LogP contribution is 2.10. The number of ether oxygens (including phenoxy) is 1. The van der Waals surface area contributed by atoms with Crippen molar-refractivity contribution in [3.63, 3.8) is 0 Å². The fourth-order valence-electron chi connectivity index (χ4n) is 1.94. The fraction of sp³-hybridized carbons (Fsp3) is 0.188. The lowest BCUT2D eigenvalue weighted by molar-refractivity contribution is -0.116. The highest BCUT2D eigenvalue weighted by Gasteiger charge is 2.08. The average Bonchev–Trinajstić information content (AvgIpc) is 2.52. The zero-order chi connectivity index (χ0) is 16.1. The Morgan fingerprint density at radius 2 is 1.86 bits per heavy atom. The maximum absolute atomic E-state index is 12.0. The van der Waals surface area contributed by atoms with Crippen molar-refractivity contribution in [1.29, 1.82) is 0 Å². The molecule has 0 bridgehead atoms. The minimum absolute atomic E-state index is 0.0702. The van der Waals surface area contributed by atoms with E-state index in [1.165, 1.54) is 11.7 Å². The third-order valence-electron chi connectivity index (χ3n) is 3.11. The maximum atomic E-state index is 12.0. The Morgan fingerprint density at radius 1 is 1.18 bits per heavy atom. The smallest absolute Gasteiger partial charge is 0.337 e. The number of benzene rings is 1. The van der Waals surface area contributed by atoms with Crippen molar-refractivity contribution in [2.75, 3.05) is 12.4 Å². The van der Waals surface area contributed by atoms with E-state index in [0.717, 1.165) is 0 Å². The number of rotatable bonds is 4. The number of aromatic nitrogens is 1. The molecule has 1 N–H and O–H groups in total. The molecule has 0 spiro atoms. The Bertz CT molecular complexity index is 747. The number of nitrogens with zero attached hydrogens (tertiary/aromatic N) is 1. The summed E-state index contributed by atoms with van der Waals surface area (Å²) in [5, 5.41) is 2.67. The summed E-state index contributed by atoms with van der Waals surface area (Å²) in [6, 6.07) is 9.73. The Hall–Kier alpha value is -2.89. The molecule has 6 nitrogen and oxygen atoms in total. The molecule has 0 saturated carbocycles. The van der Waals surface area contributed by atoms with Gasteiger partial charge in [0.15, 0.2) is 0 Å². The van der Waals surface area contributed by atoms with Crippen LogP contribution >= 0.6 is 0 Å². The van der Waals surface area contributed by atoms with Gasteiger partial charge in [-0.3, -0.25) is 9.59 Å². The van der Waals surface area contributed by atoms with Gasteiger partial charge in [-0.15, -0.1) is 0 Å². The van der Waals surface area contributed by atoms with Gasteiger partial charge >= 0.3 is 5.97 Å². The molecule has 2 aromatic rings. The SMILES string of the molecule is COC(=O)c1ccc(NC(=O)Cn2cccc(C)c2=O)cc1. The van der Waals surface area contributed by atoms with Crippen LogP contribution in [0.5, 0.6) is 0 Å². The van der Waals surface area contributed by atoms with Crippen LogP contribution in [0, 0.1) is 6.92 Å². The molecule has 1 aromatic heterocycles. The van der Waals surface area contributed by atoms with Crippen LogP contribution in [0.1, 0.15) is 15.9 Å². The monoisotopic (exact) mass is 300 g/mol. The van der Waals surface area contributed by atoms with Crippen LogP contribution in [-0.4, -0.2) is 23.6 Å². The highest BCUT2D eigenvalue weighted by molar-refractivity contribution is 5.92. The molecule has 22 heavy (non-hydrogen) atoms. The zero-order valence-electron chi connectivity index (χ0n) is 12.3. The van der Waals surface area contributed by atoms with Gasteiger partial charge in [0.1, 0.15) is 6.54 Å². The van der Waals surface area contributed by atoms with Crippen molar-refractivity contribution in [2.45, 2.75) is 13.5 Å². The minimum Gasteiger partial charge on any atom is -0.465 e. The first-order valence-corrected chi connectivity index (χ1v) is 6.65. The van der Waals surface area contributed by atoms with Crippen molar-refractivity contribution in [2.24, 2.45) is 0 Å². The van der Waals surface area contributed by atoms with Crippen LogP contribution in [0.15, 0.2) is 47.4 Å². The summed E-state index contributed by atoms with van der Waals surface area (Å²) in [7, 11) is 1.30. The second kappa shape index (κ2) is 6.71. The summed E-state index contributed by atoms with van der Waals surface area (Å²) in [5.41, 5.74) is 1.32. The topological polar surface area (TPSA) is 77.4 Å². The van der Waals surface area contributed by atoms with Crippen molar-refractivity contribution in [3.05, 3.63) is 64.1 Å². The van der Waals surface area contributed by atoms with Gasteiger partial charge in [0.05, 0.1) is 12.7 Å². The minimum atomic E-state index is -0.441. The molecule has 6 heteroatoms. The summed E-state index contributed by atoms with van der Waals surface area (Å²) in [6.07, 6.45) is 1.56. The number of esters is 1. The third kappa shape index (κ3) is 3.60. The summed E-state index contributed by atoms with van der Waals surface area (Å²) < 4.78 is 5.94. The number of aryl methyl sites for hydroxylation is 1. The van der Waals surface area contributed by atoms with E-state index >= 15 is 0 Å². The highest BCUT2D eigenvalue weighted by atomic mass is 16.5. The first kappa shape index (κ1) is 15.5. The lowest BCUT2D eigenvalue weighted by atomic mass is 10.2. The molecule has 0 aliphatic heterocycles. The number of methoxy groups -OCH3 is 1. The number of hydrogen-bond donors (Lipinski definition) is 1. The lowest BCUT2D eigenvalue weighted by Gasteiger charge is -2.08. The van der Waals surface area contributed by atoms with E-state index in [2.05, 4.69) is 10.1 Å². The normalized spacial score (nSPS) is 10.1. The number of amides is 1. The number of anilines is 1. The number of carbonyl (C=O) groups is 2. The molecular formula is C16H16N2O4. The Morgan fingerprint density at radius 3 is 2.50 bits per heavy atom. The predicted molar refractivity (Wildman–Crippen MR) is 81.9 cm³/mol. The van der Waals surface area contributed by atoms with E-state index < -0.39 is 5.97 Å². The van der Waals surface area contributed by atoms with Gasteiger partial charge < -0.3 is 14.6 Å². The summed E-state index contributed by atoms with van der Waals surface area (Å²) in [4.78, 5) is 35.1. The summed E-state index contributed by atoms with van der Waals surface area (Å²) >= 11 is 0. The van der Waals surface area contributed by atoms with Crippen LogP contribution in [0.2, 0.25) is 0 Å². The number of hydrogen-bond acceptors (Lipinski definition) is 4. The van der Waals surface area contributed by atoms with E-state index in [4.69, 9.17) is 0 Å². The quantitative estimate of drug-likeness (QED) is 0.870. The lowest BCUT2D eigenvalue weighted by Crippen LogP contribution is -2.28. The van der Waals surface area contributed by atoms with Crippen LogP contribution in [0.3, 0.4) is 0 Å². The molecule has 0 aliphatic carbocycles. The standard InChI is InChI=1S/C16H16N2O4/c1-11-4-3-9-18(15(11)20)10-14(19)17-13-7-5-12(6-8-13)16(21)22-2/h3-9H,10H2,1-2H3,(H,17,19). The second-order valence-electron chi connectivity index (χ2n) is 4.74. The number of nitrogens with one attached hydrogen (secondary N) is 1. The second-order valence-corrected chi connectivity index (χ2v) is 4.74. The molecule has 1 heterocycles. The van der Waals surface area contributed by atoms with Crippen LogP contribution in [0.25, 0.3) is 0 Å². The van der Waals surface area contributed by atoms with E-state index in [9.17, 15) is 14.4 Å².